The SMILES string of the molecule is COc1cc(C=C[S+]([O-])N(C)S(=O)(=O)C=Cc2ccc(O)c(OC)c2)ccc1O. The maximum Gasteiger partial charge on any atom is 0.275 e. The van der Waals surface area contributed by atoms with Crippen molar-refractivity contribution in [2.24, 2.45) is 0 Å². The van der Waals surface area contributed by atoms with Crippen LogP contribution >= 0.6 is 0 Å². The van der Waals surface area contributed by atoms with Crippen LogP contribution < -0.4 is 9.47 Å². The van der Waals surface area contributed by atoms with Crippen LogP contribution in [-0.4, -0.2) is 48.2 Å². The number of hydrogen-bond acceptors (Lipinski definition) is 7. The number of phenolic OH excluding ortho intramolecular Hbond substituents is 2. The molecular formula is C19H21NO7S2. The topological polar surface area (TPSA) is 119 Å². The van der Waals surface area contributed by atoms with Gasteiger partial charge in [-0.05, 0) is 51.3 Å². The summed E-state index contributed by atoms with van der Waals surface area (Å²) in [6.07, 6.45) is 2.76. The second-order valence-electron chi connectivity index (χ2n) is 5.70. The molecule has 0 fully saturated rings. The summed E-state index contributed by atoms with van der Waals surface area (Å²) < 4.78 is 47.8. The minimum atomic E-state index is -3.98. The molecule has 2 aromatic carbocycles. The predicted molar refractivity (Wildman–Crippen MR) is 112 cm³/mol. The Bertz CT molecular complexity index is 1020. The van der Waals surface area contributed by atoms with Gasteiger partial charge < -0.3 is 24.2 Å². The summed E-state index contributed by atoms with van der Waals surface area (Å²) in [4.78, 5) is 0. The molecule has 0 aromatic heterocycles. The van der Waals surface area contributed by atoms with Crippen LogP contribution in [0.3, 0.4) is 0 Å². The normalized spacial score (nSPS) is 13.3. The Morgan fingerprint density at radius 2 is 1.45 bits per heavy atom. The van der Waals surface area contributed by atoms with Crippen LogP contribution in [0, 0.1) is 0 Å². The van der Waals surface area contributed by atoms with Gasteiger partial charge in [0.25, 0.3) is 10.0 Å². The lowest BCUT2D eigenvalue weighted by atomic mass is 10.2. The van der Waals surface area contributed by atoms with Gasteiger partial charge in [0.15, 0.2) is 23.0 Å². The molecule has 2 aromatic rings. The van der Waals surface area contributed by atoms with Gasteiger partial charge in [-0.2, -0.15) is 0 Å². The van der Waals surface area contributed by atoms with Gasteiger partial charge in [-0.3, -0.25) is 0 Å². The highest BCUT2D eigenvalue weighted by Crippen LogP contribution is 2.28. The lowest BCUT2D eigenvalue weighted by molar-refractivity contribution is 0.373. The summed E-state index contributed by atoms with van der Waals surface area (Å²) in [7, 11) is -0.00750. The van der Waals surface area contributed by atoms with Gasteiger partial charge >= 0.3 is 0 Å². The molecular weight excluding hydrogens is 418 g/mol. The molecule has 8 nitrogen and oxygen atoms in total. The average Bonchev–Trinajstić information content (AvgIpc) is 2.71. The quantitative estimate of drug-likeness (QED) is 0.607. The monoisotopic (exact) mass is 439 g/mol. The third-order valence-electron chi connectivity index (χ3n) is 3.83. The second kappa shape index (κ2) is 9.70. The van der Waals surface area contributed by atoms with Crippen molar-refractivity contribution >= 4 is 33.5 Å². The van der Waals surface area contributed by atoms with Crippen molar-refractivity contribution < 1.29 is 32.7 Å². The summed E-state index contributed by atoms with van der Waals surface area (Å²) in [5, 5.41) is 21.3. The van der Waals surface area contributed by atoms with Crippen molar-refractivity contribution in [1.29, 1.82) is 0 Å². The second-order valence-corrected chi connectivity index (χ2v) is 9.15. The minimum Gasteiger partial charge on any atom is -0.592 e. The Labute approximate surface area is 172 Å². The number of methoxy groups -OCH3 is 2. The molecule has 156 valence electrons. The van der Waals surface area contributed by atoms with Crippen molar-refractivity contribution in [1.82, 2.24) is 3.71 Å². The molecule has 0 saturated carbocycles. The first kappa shape index (κ1) is 22.6. The van der Waals surface area contributed by atoms with Gasteiger partial charge in [0, 0.05) is 0 Å². The van der Waals surface area contributed by atoms with Crippen LogP contribution in [0.15, 0.2) is 47.2 Å². The van der Waals surface area contributed by atoms with Crippen LogP contribution in [0.25, 0.3) is 12.2 Å². The molecule has 10 heteroatoms. The zero-order valence-electron chi connectivity index (χ0n) is 16.0. The number of nitrogens with zero attached hydrogens (tertiary/aromatic N) is 1. The van der Waals surface area contributed by atoms with Crippen molar-refractivity contribution in [3.05, 3.63) is 58.3 Å². The van der Waals surface area contributed by atoms with E-state index in [0.717, 1.165) is 5.41 Å². The summed E-state index contributed by atoms with van der Waals surface area (Å²) in [5.41, 5.74) is 1.06. The van der Waals surface area contributed by atoms with E-state index in [4.69, 9.17) is 9.47 Å². The molecule has 2 rings (SSSR count). The van der Waals surface area contributed by atoms with E-state index in [0.29, 0.717) is 14.8 Å². The fourth-order valence-electron chi connectivity index (χ4n) is 2.17. The standard InChI is InChI=1S/C19H21NO7S2/c1-20(28(23)10-8-14-4-6-16(21)18(12-14)26-2)29(24,25)11-9-15-5-7-17(22)19(13-15)27-3/h4-13,21-22H,1-3H3. The molecule has 29 heavy (non-hydrogen) atoms. The fraction of sp³-hybridized carbons (Fsp3) is 0.158. The van der Waals surface area contributed by atoms with E-state index in [1.807, 2.05) is 0 Å². The molecule has 0 saturated heterocycles. The molecule has 0 radical (unpaired) electrons. The van der Waals surface area contributed by atoms with Gasteiger partial charge in [-0.1, -0.05) is 12.1 Å². The van der Waals surface area contributed by atoms with Gasteiger partial charge in [-0.15, -0.1) is 0 Å². The lowest BCUT2D eigenvalue weighted by Gasteiger charge is -2.15. The first-order valence-corrected chi connectivity index (χ1v) is 10.8. The zero-order chi connectivity index (χ0) is 21.6. The molecule has 0 aliphatic heterocycles. The Balaban J connectivity index is 2.13. The van der Waals surface area contributed by atoms with Crippen molar-refractivity contribution in [3.8, 4) is 23.0 Å². The predicted octanol–water partition coefficient (Wildman–Crippen LogP) is 2.68. The summed E-state index contributed by atoms with van der Waals surface area (Å²) in [6.45, 7) is 0. The van der Waals surface area contributed by atoms with Crippen molar-refractivity contribution in [2.75, 3.05) is 21.3 Å². The number of hydrogen-bond donors (Lipinski definition) is 2. The van der Waals surface area contributed by atoms with Crippen molar-refractivity contribution in [2.45, 2.75) is 0 Å². The Morgan fingerprint density at radius 3 is 1.93 bits per heavy atom. The first-order chi connectivity index (χ1) is 13.7. The molecule has 0 spiro atoms. The molecule has 2 N–H and O–H groups in total. The van der Waals surface area contributed by atoms with Crippen LogP contribution in [0.2, 0.25) is 0 Å². The number of sulfonamides is 1. The summed E-state index contributed by atoms with van der Waals surface area (Å²) in [6, 6.07) is 8.86. The maximum absolute atomic E-state index is 12.4. The Morgan fingerprint density at radius 1 is 0.966 bits per heavy atom. The molecule has 1 unspecified atom stereocenters. The fourth-order valence-corrected chi connectivity index (χ4v) is 4.23. The van der Waals surface area contributed by atoms with E-state index in [9.17, 15) is 23.2 Å². The van der Waals surface area contributed by atoms with Crippen molar-refractivity contribution in [3.63, 3.8) is 0 Å². The molecule has 0 heterocycles. The summed E-state index contributed by atoms with van der Waals surface area (Å²) >= 11 is -1.97. The van der Waals surface area contributed by atoms with E-state index >= 15 is 0 Å². The molecule has 0 bridgehead atoms. The lowest BCUT2D eigenvalue weighted by Crippen LogP contribution is -2.30. The maximum atomic E-state index is 12.4. The number of ether oxygens (including phenoxy) is 2. The molecule has 0 amide bonds. The van der Waals surface area contributed by atoms with E-state index in [2.05, 4.69) is 0 Å². The van der Waals surface area contributed by atoms with E-state index < -0.39 is 21.4 Å². The van der Waals surface area contributed by atoms with Gasteiger partial charge in [0.2, 0.25) is 0 Å². The van der Waals surface area contributed by atoms with Crippen LogP contribution in [0.5, 0.6) is 23.0 Å². The van der Waals surface area contributed by atoms with Crippen LogP contribution in [0.4, 0.5) is 0 Å². The number of phenols is 2. The molecule has 0 aliphatic carbocycles. The Hall–Kier alpha value is -2.66. The number of aromatic hydroxyl groups is 2. The van der Waals surface area contributed by atoms with Gasteiger partial charge in [0.05, 0.1) is 38.0 Å². The van der Waals surface area contributed by atoms with E-state index in [1.54, 1.807) is 6.07 Å². The smallest absolute Gasteiger partial charge is 0.275 e. The third-order valence-corrected chi connectivity index (χ3v) is 6.97. The average molecular weight is 440 g/mol. The third kappa shape index (κ3) is 5.91. The zero-order valence-corrected chi connectivity index (χ0v) is 17.6. The van der Waals surface area contributed by atoms with Crippen LogP contribution in [-0.2, 0) is 21.4 Å². The minimum absolute atomic E-state index is 0.0403. The number of benzene rings is 2. The summed E-state index contributed by atoms with van der Waals surface area (Å²) in [5.74, 6) is 0.336. The highest BCUT2D eigenvalue weighted by atomic mass is 32.3. The molecule has 0 aliphatic rings. The van der Waals surface area contributed by atoms with Gasteiger partial charge in [-0.25, -0.2) is 8.42 Å². The largest absolute Gasteiger partial charge is 0.592 e. The highest BCUT2D eigenvalue weighted by molar-refractivity contribution is 8.06. The highest BCUT2D eigenvalue weighted by Gasteiger charge is 2.25. The number of rotatable bonds is 8. The first-order valence-electron chi connectivity index (χ1n) is 8.18. The Kier molecular flexibility index (Phi) is 7.57. The van der Waals surface area contributed by atoms with Gasteiger partial charge in [0.1, 0.15) is 5.41 Å². The molecule has 1 atom stereocenters. The van der Waals surface area contributed by atoms with E-state index in [1.165, 1.54) is 69.2 Å². The van der Waals surface area contributed by atoms with Crippen LogP contribution in [0.1, 0.15) is 11.1 Å². The van der Waals surface area contributed by atoms with E-state index in [-0.39, 0.29) is 23.0 Å².